The molecule has 1 aliphatic carbocycles. The first kappa shape index (κ1) is 18.0. The Balaban J connectivity index is 0.00000220. The fraction of sp³-hybridized carbons (Fsp3) is 0.562. The molecule has 0 fully saturated rings. The molecule has 0 spiro atoms. The number of carbonyl (C=O) groups excluding carboxylic acids is 1. The molecule has 21 heavy (non-hydrogen) atoms. The van der Waals surface area contributed by atoms with E-state index in [1.807, 2.05) is 12.1 Å². The van der Waals surface area contributed by atoms with Gasteiger partial charge in [-0.3, -0.25) is 4.79 Å². The summed E-state index contributed by atoms with van der Waals surface area (Å²) in [5.74, 6) is -0.392. The Kier molecular flexibility index (Phi) is 5.79. The van der Waals surface area contributed by atoms with Gasteiger partial charge in [-0.25, -0.2) is 0 Å². The van der Waals surface area contributed by atoms with Gasteiger partial charge in [-0.1, -0.05) is 19.9 Å². The highest BCUT2D eigenvalue weighted by Gasteiger charge is 2.45. The van der Waals surface area contributed by atoms with Crippen molar-refractivity contribution < 1.29 is 9.53 Å². The number of benzene rings is 1. The first-order valence-electron chi connectivity index (χ1n) is 7.21. The van der Waals surface area contributed by atoms with Crippen LogP contribution in [0.2, 0.25) is 0 Å². The summed E-state index contributed by atoms with van der Waals surface area (Å²) in [5, 5.41) is 0. The van der Waals surface area contributed by atoms with Gasteiger partial charge in [0, 0.05) is 30.6 Å². The van der Waals surface area contributed by atoms with Crippen LogP contribution in [-0.2, 0) is 16.6 Å². The lowest BCUT2D eigenvalue weighted by molar-refractivity contribution is 0.0400. The van der Waals surface area contributed by atoms with E-state index in [9.17, 15) is 4.79 Å². The maximum absolute atomic E-state index is 11.4. The number of nitrogens with two attached hydrogens (primary N) is 2. The molecule has 4 nitrogen and oxygen atoms in total. The van der Waals surface area contributed by atoms with Crippen LogP contribution in [-0.4, -0.2) is 25.2 Å². The number of hydrogen-bond acceptors (Lipinski definition) is 3. The minimum absolute atomic E-state index is 0. The summed E-state index contributed by atoms with van der Waals surface area (Å²) in [4.78, 5) is 11.4. The van der Waals surface area contributed by atoms with Crippen LogP contribution in [0.15, 0.2) is 18.2 Å². The van der Waals surface area contributed by atoms with E-state index >= 15 is 0 Å². The predicted molar refractivity (Wildman–Crippen MR) is 86.9 cm³/mol. The number of halogens is 1. The lowest BCUT2D eigenvalue weighted by Gasteiger charge is -2.46. The molecular formula is C16H25ClN2O2. The van der Waals surface area contributed by atoms with Gasteiger partial charge in [-0.2, -0.15) is 0 Å². The average molecular weight is 313 g/mol. The Bertz CT molecular complexity index is 515. The third-order valence-corrected chi connectivity index (χ3v) is 4.96. The minimum Gasteiger partial charge on any atom is -0.379 e. The number of fused-ring (bicyclic) bond motifs is 1. The summed E-state index contributed by atoms with van der Waals surface area (Å²) >= 11 is 0. The minimum atomic E-state index is -0.392. The number of ether oxygens (including phenoxy) is 1. The van der Waals surface area contributed by atoms with E-state index in [4.69, 9.17) is 16.2 Å². The summed E-state index contributed by atoms with van der Waals surface area (Å²) < 4.78 is 5.58. The summed E-state index contributed by atoms with van der Waals surface area (Å²) in [6.07, 6.45) is 2.63. The summed E-state index contributed by atoms with van der Waals surface area (Å²) in [6.45, 7) is 4.28. The van der Waals surface area contributed by atoms with Crippen molar-refractivity contribution >= 4 is 18.3 Å². The number of primary amides is 1. The molecule has 0 bridgehead atoms. The van der Waals surface area contributed by atoms with Crippen LogP contribution in [0.3, 0.4) is 0 Å². The van der Waals surface area contributed by atoms with Crippen molar-refractivity contribution in [1.82, 2.24) is 0 Å². The van der Waals surface area contributed by atoms with E-state index in [0.717, 1.165) is 19.3 Å². The van der Waals surface area contributed by atoms with E-state index in [0.29, 0.717) is 5.56 Å². The molecule has 0 saturated heterocycles. The topological polar surface area (TPSA) is 78.3 Å². The molecule has 0 unspecified atom stereocenters. The van der Waals surface area contributed by atoms with Crippen molar-refractivity contribution in [2.45, 2.75) is 50.7 Å². The normalized spacial score (nSPS) is 23.0. The van der Waals surface area contributed by atoms with E-state index in [2.05, 4.69) is 13.8 Å². The second-order valence-electron chi connectivity index (χ2n) is 5.60. The first-order valence-corrected chi connectivity index (χ1v) is 7.21. The van der Waals surface area contributed by atoms with Gasteiger partial charge in [0.2, 0.25) is 5.91 Å². The molecule has 1 aromatic carbocycles. The number of amides is 1. The van der Waals surface area contributed by atoms with E-state index in [1.54, 1.807) is 13.2 Å². The highest BCUT2D eigenvalue weighted by atomic mass is 35.5. The molecule has 0 aliphatic heterocycles. The van der Waals surface area contributed by atoms with Crippen LogP contribution in [0, 0.1) is 0 Å². The summed E-state index contributed by atoms with van der Waals surface area (Å²) in [5.41, 5.74) is 14.7. The summed E-state index contributed by atoms with van der Waals surface area (Å²) in [6, 6.07) is 5.64. The monoisotopic (exact) mass is 312 g/mol. The Hall–Kier alpha value is -1.10. The van der Waals surface area contributed by atoms with Crippen LogP contribution >= 0.6 is 12.4 Å². The van der Waals surface area contributed by atoms with Crippen LogP contribution in [0.1, 0.15) is 48.2 Å². The van der Waals surface area contributed by atoms with E-state index < -0.39 is 5.91 Å². The number of carbonyl (C=O) groups is 1. The molecule has 2 atom stereocenters. The van der Waals surface area contributed by atoms with Gasteiger partial charge in [-0.15, -0.1) is 12.4 Å². The molecular weight excluding hydrogens is 288 g/mol. The lowest BCUT2D eigenvalue weighted by Crippen LogP contribution is -2.56. The molecule has 0 aromatic heterocycles. The fourth-order valence-corrected chi connectivity index (χ4v) is 3.58. The van der Waals surface area contributed by atoms with Crippen molar-refractivity contribution in [2.24, 2.45) is 11.5 Å². The maximum atomic E-state index is 11.4. The van der Waals surface area contributed by atoms with Crippen molar-refractivity contribution in [3.8, 4) is 0 Å². The van der Waals surface area contributed by atoms with Gasteiger partial charge in [0.15, 0.2) is 0 Å². The standard InChI is InChI=1S/C16H24N2O2.ClH/c1-4-16(5-2)12-8-11(15(18)19)7-6-10(12)9-13(20-3)14(16)17;/h6-8,13-14H,4-5,9,17H2,1-3H3,(H2,18,19);1H/t13-,14+;/m1./s1. The van der Waals surface area contributed by atoms with E-state index in [1.165, 1.54) is 11.1 Å². The van der Waals surface area contributed by atoms with Gasteiger partial charge in [0.1, 0.15) is 0 Å². The third kappa shape index (κ3) is 2.80. The van der Waals surface area contributed by atoms with Crippen molar-refractivity contribution in [1.29, 1.82) is 0 Å². The van der Waals surface area contributed by atoms with Crippen LogP contribution in [0.25, 0.3) is 0 Å². The second kappa shape index (κ2) is 6.77. The Morgan fingerprint density at radius 1 is 1.38 bits per heavy atom. The van der Waals surface area contributed by atoms with Crippen molar-refractivity contribution in [3.05, 3.63) is 34.9 Å². The van der Waals surface area contributed by atoms with Gasteiger partial charge in [0.25, 0.3) is 0 Å². The molecule has 118 valence electrons. The van der Waals surface area contributed by atoms with Gasteiger partial charge in [-0.05, 0) is 36.1 Å². The zero-order valence-corrected chi connectivity index (χ0v) is 13.7. The van der Waals surface area contributed by atoms with Gasteiger partial charge >= 0.3 is 0 Å². The third-order valence-electron chi connectivity index (χ3n) is 4.96. The quantitative estimate of drug-likeness (QED) is 0.894. The van der Waals surface area contributed by atoms with Crippen molar-refractivity contribution in [3.63, 3.8) is 0 Å². The second-order valence-corrected chi connectivity index (χ2v) is 5.60. The average Bonchev–Trinajstić information content (AvgIpc) is 2.46. The smallest absolute Gasteiger partial charge is 0.248 e. The zero-order chi connectivity index (χ0) is 14.9. The predicted octanol–water partition coefficient (Wildman–Crippen LogP) is 2.16. The molecule has 1 amide bonds. The molecule has 4 N–H and O–H groups in total. The molecule has 5 heteroatoms. The zero-order valence-electron chi connectivity index (χ0n) is 12.9. The highest BCUT2D eigenvalue weighted by Crippen LogP contribution is 2.43. The molecule has 1 aromatic rings. The van der Waals surface area contributed by atoms with Crippen LogP contribution in [0.5, 0.6) is 0 Å². The number of hydrogen-bond donors (Lipinski definition) is 2. The number of rotatable bonds is 4. The largest absolute Gasteiger partial charge is 0.379 e. The highest BCUT2D eigenvalue weighted by molar-refractivity contribution is 5.93. The Labute approximate surface area is 132 Å². The van der Waals surface area contributed by atoms with Crippen LogP contribution < -0.4 is 11.5 Å². The first-order chi connectivity index (χ1) is 9.50. The number of methoxy groups -OCH3 is 1. The lowest BCUT2D eigenvalue weighted by atomic mass is 9.62. The molecule has 0 heterocycles. The fourth-order valence-electron chi connectivity index (χ4n) is 3.58. The molecule has 0 radical (unpaired) electrons. The van der Waals surface area contributed by atoms with Gasteiger partial charge < -0.3 is 16.2 Å². The maximum Gasteiger partial charge on any atom is 0.248 e. The SMILES string of the molecule is CCC1(CC)c2cc(C(N)=O)ccc2C[C@@H](OC)[C@@H]1N.Cl. The van der Waals surface area contributed by atoms with Gasteiger partial charge in [0.05, 0.1) is 6.10 Å². The Morgan fingerprint density at radius 2 is 2.00 bits per heavy atom. The molecule has 2 rings (SSSR count). The summed E-state index contributed by atoms with van der Waals surface area (Å²) in [7, 11) is 1.71. The van der Waals surface area contributed by atoms with Crippen LogP contribution in [0.4, 0.5) is 0 Å². The molecule has 0 saturated carbocycles. The van der Waals surface area contributed by atoms with E-state index in [-0.39, 0.29) is 30.0 Å². The molecule has 1 aliphatic rings. The van der Waals surface area contributed by atoms with Crippen molar-refractivity contribution in [2.75, 3.05) is 7.11 Å². The Morgan fingerprint density at radius 3 is 2.48 bits per heavy atom.